The molecule has 0 aliphatic carbocycles. The molecular weight excluding hydrogens is 216 g/mol. The summed E-state index contributed by atoms with van der Waals surface area (Å²) in [6.45, 7) is 4.93. The summed E-state index contributed by atoms with van der Waals surface area (Å²) in [5.41, 5.74) is 0. The Bertz CT molecular complexity index is 419. The van der Waals surface area contributed by atoms with Crippen molar-refractivity contribution in [1.82, 2.24) is 24.5 Å². The van der Waals surface area contributed by atoms with E-state index in [1.54, 1.807) is 6.20 Å². The first kappa shape index (κ1) is 11.6. The zero-order valence-electron chi connectivity index (χ0n) is 10.1. The lowest BCUT2D eigenvalue weighted by Crippen LogP contribution is -2.11. The predicted molar refractivity (Wildman–Crippen MR) is 65.6 cm³/mol. The molecule has 0 fully saturated rings. The first-order valence-corrected chi connectivity index (χ1v) is 5.99. The summed E-state index contributed by atoms with van der Waals surface area (Å²) in [5.74, 6) is 0.949. The van der Waals surface area contributed by atoms with Crippen molar-refractivity contribution in [3.8, 4) is 0 Å². The molecule has 0 amide bonds. The molecule has 92 valence electrons. The molecule has 0 bridgehead atoms. The van der Waals surface area contributed by atoms with E-state index in [4.69, 9.17) is 0 Å². The molecule has 17 heavy (non-hydrogen) atoms. The van der Waals surface area contributed by atoms with Crippen molar-refractivity contribution >= 4 is 5.95 Å². The minimum absolute atomic E-state index is 0.876. The van der Waals surface area contributed by atoms with Gasteiger partial charge in [0.1, 0.15) is 0 Å². The van der Waals surface area contributed by atoms with E-state index in [0.29, 0.717) is 0 Å². The Hall–Kier alpha value is -1.85. The molecule has 0 saturated heterocycles. The Labute approximate surface area is 101 Å². The van der Waals surface area contributed by atoms with E-state index in [-0.39, 0.29) is 0 Å². The molecule has 0 aromatic carbocycles. The van der Waals surface area contributed by atoms with E-state index in [9.17, 15) is 0 Å². The third kappa shape index (κ3) is 3.30. The fourth-order valence-corrected chi connectivity index (χ4v) is 1.69. The molecule has 0 unspecified atom stereocenters. The van der Waals surface area contributed by atoms with Gasteiger partial charge < -0.3 is 9.88 Å². The van der Waals surface area contributed by atoms with Crippen LogP contribution in [-0.2, 0) is 13.1 Å². The molecule has 2 heterocycles. The maximum Gasteiger partial charge on any atom is 0.202 e. The van der Waals surface area contributed by atoms with Gasteiger partial charge in [0, 0.05) is 38.2 Å². The third-order valence-corrected chi connectivity index (χ3v) is 2.50. The number of nitrogens with one attached hydrogen (secondary N) is 1. The zero-order valence-corrected chi connectivity index (χ0v) is 10.1. The number of rotatable bonds is 7. The van der Waals surface area contributed by atoms with Crippen LogP contribution < -0.4 is 5.32 Å². The van der Waals surface area contributed by atoms with Crippen LogP contribution in [0.3, 0.4) is 0 Å². The van der Waals surface area contributed by atoms with Gasteiger partial charge >= 0.3 is 0 Å². The summed E-state index contributed by atoms with van der Waals surface area (Å²) in [6, 6.07) is 0. The van der Waals surface area contributed by atoms with Crippen LogP contribution in [0.5, 0.6) is 0 Å². The second-order valence-corrected chi connectivity index (χ2v) is 3.89. The molecule has 6 heteroatoms. The van der Waals surface area contributed by atoms with Crippen LogP contribution in [-0.4, -0.2) is 31.1 Å². The fourth-order valence-electron chi connectivity index (χ4n) is 1.69. The van der Waals surface area contributed by atoms with Gasteiger partial charge in [0.05, 0.1) is 6.20 Å². The largest absolute Gasteiger partial charge is 0.356 e. The zero-order chi connectivity index (χ0) is 11.9. The van der Waals surface area contributed by atoms with E-state index >= 15 is 0 Å². The molecule has 0 aliphatic heterocycles. The topological polar surface area (TPSA) is 60.6 Å². The highest BCUT2D eigenvalue weighted by Gasteiger charge is 2.00. The summed E-state index contributed by atoms with van der Waals surface area (Å²) in [5, 5.41) is 11.0. The number of aromatic nitrogens is 5. The Morgan fingerprint density at radius 2 is 2.18 bits per heavy atom. The SMILES string of the molecule is CCCn1ccnc1NCCCn1ccnn1. The van der Waals surface area contributed by atoms with Gasteiger partial charge in [-0.05, 0) is 12.8 Å². The van der Waals surface area contributed by atoms with E-state index in [1.165, 1.54) is 0 Å². The monoisotopic (exact) mass is 234 g/mol. The molecular formula is C11H18N6. The van der Waals surface area contributed by atoms with Crippen molar-refractivity contribution in [1.29, 1.82) is 0 Å². The Kier molecular flexibility index (Phi) is 4.12. The fraction of sp³-hybridized carbons (Fsp3) is 0.545. The van der Waals surface area contributed by atoms with Crippen LogP contribution in [0.15, 0.2) is 24.8 Å². The summed E-state index contributed by atoms with van der Waals surface area (Å²) in [7, 11) is 0. The summed E-state index contributed by atoms with van der Waals surface area (Å²) in [6.07, 6.45) is 9.52. The first-order chi connectivity index (χ1) is 8.40. The molecule has 2 aromatic heterocycles. The number of aryl methyl sites for hydroxylation is 2. The second-order valence-electron chi connectivity index (χ2n) is 3.89. The summed E-state index contributed by atoms with van der Waals surface area (Å²) in [4.78, 5) is 4.29. The molecule has 0 spiro atoms. The van der Waals surface area contributed by atoms with Crippen molar-refractivity contribution in [2.24, 2.45) is 0 Å². The molecule has 1 N–H and O–H groups in total. The summed E-state index contributed by atoms with van der Waals surface area (Å²) < 4.78 is 3.97. The van der Waals surface area contributed by atoms with Gasteiger partial charge in [0.2, 0.25) is 5.95 Å². The Balaban J connectivity index is 1.72. The normalized spacial score (nSPS) is 10.6. The van der Waals surface area contributed by atoms with Crippen LogP contribution in [0.25, 0.3) is 0 Å². The lowest BCUT2D eigenvalue weighted by atomic mass is 10.4. The average molecular weight is 234 g/mol. The third-order valence-electron chi connectivity index (χ3n) is 2.50. The quantitative estimate of drug-likeness (QED) is 0.735. The number of anilines is 1. The molecule has 0 atom stereocenters. The van der Waals surface area contributed by atoms with Gasteiger partial charge in [-0.15, -0.1) is 5.10 Å². The number of hydrogen-bond donors (Lipinski definition) is 1. The van der Waals surface area contributed by atoms with Crippen molar-refractivity contribution < 1.29 is 0 Å². The highest BCUT2D eigenvalue weighted by atomic mass is 15.4. The van der Waals surface area contributed by atoms with E-state index in [2.05, 4.69) is 32.1 Å². The maximum absolute atomic E-state index is 4.29. The van der Waals surface area contributed by atoms with Gasteiger partial charge in [-0.25, -0.2) is 4.98 Å². The predicted octanol–water partition coefficient (Wildman–Crippen LogP) is 1.39. The average Bonchev–Trinajstić information content (AvgIpc) is 2.96. The number of hydrogen-bond acceptors (Lipinski definition) is 4. The van der Waals surface area contributed by atoms with Gasteiger partial charge in [0.15, 0.2) is 0 Å². The molecule has 2 rings (SSSR count). The van der Waals surface area contributed by atoms with Crippen LogP contribution in [0.4, 0.5) is 5.95 Å². The van der Waals surface area contributed by atoms with Crippen molar-refractivity contribution in [3.63, 3.8) is 0 Å². The smallest absolute Gasteiger partial charge is 0.202 e. The van der Waals surface area contributed by atoms with E-state index in [1.807, 2.05) is 23.3 Å². The first-order valence-electron chi connectivity index (χ1n) is 5.99. The minimum atomic E-state index is 0.876. The number of imidazole rings is 1. The molecule has 0 aliphatic rings. The second kappa shape index (κ2) is 6.03. The summed E-state index contributed by atoms with van der Waals surface area (Å²) >= 11 is 0. The molecule has 0 radical (unpaired) electrons. The molecule has 0 saturated carbocycles. The van der Waals surface area contributed by atoms with Crippen molar-refractivity contribution in [3.05, 3.63) is 24.8 Å². The highest BCUT2D eigenvalue weighted by Crippen LogP contribution is 2.05. The van der Waals surface area contributed by atoms with Crippen LogP contribution in [0.2, 0.25) is 0 Å². The van der Waals surface area contributed by atoms with Gasteiger partial charge in [-0.2, -0.15) is 0 Å². The van der Waals surface area contributed by atoms with Crippen LogP contribution in [0.1, 0.15) is 19.8 Å². The lowest BCUT2D eigenvalue weighted by Gasteiger charge is -2.08. The van der Waals surface area contributed by atoms with E-state index in [0.717, 1.165) is 38.4 Å². The maximum atomic E-state index is 4.29. The standard InChI is InChI=1S/C11H18N6/c1-2-7-16-9-5-13-11(16)12-4-3-8-17-10-6-14-15-17/h5-6,9-10H,2-4,7-8H2,1H3,(H,12,13). The Morgan fingerprint density at radius 3 is 2.94 bits per heavy atom. The molecule has 6 nitrogen and oxygen atoms in total. The number of nitrogens with zero attached hydrogens (tertiary/aromatic N) is 5. The highest BCUT2D eigenvalue weighted by molar-refractivity contribution is 5.25. The van der Waals surface area contributed by atoms with Gasteiger partial charge in [-0.1, -0.05) is 12.1 Å². The van der Waals surface area contributed by atoms with Crippen molar-refractivity contribution in [2.45, 2.75) is 32.9 Å². The Morgan fingerprint density at radius 1 is 1.24 bits per heavy atom. The lowest BCUT2D eigenvalue weighted by molar-refractivity contribution is 0.567. The van der Waals surface area contributed by atoms with Crippen molar-refractivity contribution in [2.75, 3.05) is 11.9 Å². The van der Waals surface area contributed by atoms with E-state index < -0.39 is 0 Å². The van der Waals surface area contributed by atoms with Gasteiger partial charge in [0.25, 0.3) is 0 Å². The van der Waals surface area contributed by atoms with Crippen LogP contribution in [0, 0.1) is 0 Å². The van der Waals surface area contributed by atoms with Crippen LogP contribution >= 0.6 is 0 Å². The van der Waals surface area contributed by atoms with Gasteiger partial charge in [-0.3, -0.25) is 4.68 Å². The molecule has 2 aromatic rings. The minimum Gasteiger partial charge on any atom is -0.356 e.